The molecule has 1 amide bonds. The maximum absolute atomic E-state index is 12.3. The zero-order valence-corrected chi connectivity index (χ0v) is 12.8. The summed E-state index contributed by atoms with van der Waals surface area (Å²) in [5, 5.41) is 18.6. The highest BCUT2D eigenvalue weighted by molar-refractivity contribution is 5.99. The van der Waals surface area contributed by atoms with Crippen molar-refractivity contribution in [2.45, 2.75) is 13.8 Å². The molecule has 0 aromatic heterocycles. The van der Waals surface area contributed by atoms with E-state index in [1.165, 1.54) is 24.7 Å². The molecule has 0 heterocycles. The van der Waals surface area contributed by atoms with Gasteiger partial charge in [0.05, 0.1) is 5.69 Å². The van der Waals surface area contributed by atoms with E-state index in [0.717, 1.165) is 10.6 Å². The van der Waals surface area contributed by atoms with E-state index in [-0.39, 0.29) is 11.7 Å². The zero-order valence-electron chi connectivity index (χ0n) is 12.8. The summed E-state index contributed by atoms with van der Waals surface area (Å²) in [6.07, 6.45) is 4.42. The fraction of sp³-hybridized carbons (Fsp3) is 0.250. The highest BCUT2D eigenvalue weighted by Crippen LogP contribution is 2.16. The first-order chi connectivity index (χ1) is 10.3. The fourth-order valence-corrected chi connectivity index (χ4v) is 1.87. The van der Waals surface area contributed by atoms with Gasteiger partial charge in [-0.1, -0.05) is 24.6 Å². The van der Waals surface area contributed by atoms with Gasteiger partial charge in [0.1, 0.15) is 0 Å². The second-order valence-corrected chi connectivity index (χ2v) is 4.94. The molecule has 118 valence electrons. The van der Waals surface area contributed by atoms with Crippen LogP contribution in [0.5, 0.6) is 0 Å². The average Bonchev–Trinajstić information content (AvgIpc) is 2.51. The Morgan fingerprint density at radius 1 is 1.23 bits per heavy atom. The zero-order chi connectivity index (χ0) is 16.7. The predicted octanol–water partition coefficient (Wildman–Crippen LogP) is 2.34. The highest BCUT2D eigenvalue weighted by Gasteiger charge is 2.13. The molecule has 3 N–H and O–H groups in total. The van der Waals surface area contributed by atoms with Crippen molar-refractivity contribution >= 4 is 17.4 Å². The highest BCUT2D eigenvalue weighted by atomic mass is 16.5. The first kappa shape index (κ1) is 17.6. The lowest BCUT2D eigenvalue weighted by Gasteiger charge is -2.11. The minimum atomic E-state index is -0.629. The van der Waals surface area contributed by atoms with E-state index in [2.05, 4.69) is 0 Å². The molecule has 1 rings (SSSR count). The number of allylic oxidation sites excluding steroid dienone is 3. The number of amides is 1. The fourth-order valence-electron chi connectivity index (χ4n) is 1.87. The van der Waals surface area contributed by atoms with Gasteiger partial charge in [-0.05, 0) is 31.2 Å². The van der Waals surface area contributed by atoms with Crippen LogP contribution in [0.15, 0.2) is 48.1 Å². The van der Waals surface area contributed by atoms with Gasteiger partial charge in [-0.25, -0.2) is 5.48 Å². The SMILES string of the molecule is CC(/C=C/C(=O)NO)=C\C(C)C(=O)c1ccc(N(C)O)cc1. The number of carbonyl (C=O) groups excluding carboxylic acids is 2. The summed E-state index contributed by atoms with van der Waals surface area (Å²) in [6.45, 7) is 3.52. The summed E-state index contributed by atoms with van der Waals surface area (Å²) in [5.74, 6) is -1.05. The summed E-state index contributed by atoms with van der Waals surface area (Å²) >= 11 is 0. The normalized spacial score (nSPS) is 13.0. The Morgan fingerprint density at radius 3 is 2.32 bits per heavy atom. The van der Waals surface area contributed by atoms with E-state index in [4.69, 9.17) is 5.21 Å². The molecule has 0 aliphatic heterocycles. The number of anilines is 1. The molecule has 1 atom stereocenters. The molecule has 0 radical (unpaired) electrons. The van der Waals surface area contributed by atoms with E-state index in [0.29, 0.717) is 11.3 Å². The standard InChI is InChI=1S/C16H20N2O4/c1-11(4-9-15(19)17-21)10-12(2)16(20)13-5-7-14(8-6-13)18(3)22/h4-10,12,21-22H,1-3H3,(H,17,19)/b9-4+,11-10+. The first-order valence-electron chi connectivity index (χ1n) is 6.72. The number of carbonyl (C=O) groups is 2. The third-order valence-electron chi connectivity index (χ3n) is 3.06. The third-order valence-corrected chi connectivity index (χ3v) is 3.06. The quantitative estimate of drug-likeness (QED) is 0.247. The molecular weight excluding hydrogens is 284 g/mol. The van der Waals surface area contributed by atoms with E-state index < -0.39 is 5.91 Å². The Morgan fingerprint density at radius 2 is 1.82 bits per heavy atom. The summed E-state index contributed by atoms with van der Waals surface area (Å²) in [6, 6.07) is 6.61. The number of Topliss-reactive ketones (excluding diaryl/α,β-unsaturated/α-hetero) is 1. The third kappa shape index (κ3) is 5.16. The van der Waals surface area contributed by atoms with Crippen molar-refractivity contribution in [1.29, 1.82) is 0 Å². The van der Waals surface area contributed by atoms with Crippen molar-refractivity contribution in [3.05, 3.63) is 53.6 Å². The molecule has 0 aliphatic carbocycles. The monoisotopic (exact) mass is 304 g/mol. The van der Waals surface area contributed by atoms with Crippen LogP contribution in [0.2, 0.25) is 0 Å². The molecule has 0 saturated carbocycles. The average molecular weight is 304 g/mol. The van der Waals surface area contributed by atoms with E-state index >= 15 is 0 Å². The molecule has 0 saturated heterocycles. The predicted molar refractivity (Wildman–Crippen MR) is 83.0 cm³/mol. The Balaban J connectivity index is 2.79. The van der Waals surface area contributed by atoms with Crippen molar-refractivity contribution in [1.82, 2.24) is 5.48 Å². The van der Waals surface area contributed by atoms with Crippen LogP contribution in [0.3, 0.4) is 0 Å². The summed E-state index contributed by atoms with van der Waals surface area (Å²) < 4.78 is 0. The van der Waals surface area contributed by atoms with Crippen LogP contribution in [-0.4, -0.2) is 29.2 Å². The van der Waals surface area contributed by atoms with Crippen LogP contribution in [0.1, 0.15) is 24.2 Å². The van der Waals surface area contributed by atoms with Crippen molar-refractivity contribution in [3.8, 4) is 0 Å². The van der Waals surface area contributed by atoms with Gasteiger partial charge in [0.15, 0.2) is 5.78 Å². The molecular formula is C16H20N2O4. The molecule has 0 bridgehead atoms. The molecule has 22 heavy (non-hydrogen) atoms. The van der Waals surface area contributed by atoms with Crippen LogP contribution in [0.25, 0.3) is 0 Å². The van der Waals surface area contributed by atoms with Crippen molar-refractivity contribution < 1.29 is 20.0 Å². The number of ketones is 1. The maximum Gasteiger partial charge on any atom is 0.267 e. The number of nitrogens with zero attached hydrogens (tertiary/aromatic N) is 1. The number of hydrogen-bond donors (Lipinski definition) is 3. The van der Waals surface area contributed by atoms with Crippen LogP contribution in [-0.2, 0) is 4.79 Å². The number of rotatable bonds is 6. The number of hydroxylamine groups is 2. The minimum Gasteiger partial charge on any atom is -0.294 e. The molecule has 1 aromatic rings. The van der Waals surface area contributed by atoms with Gasteiger partial charge in [-0.3, -0.25) is 25.1 Å². The molecule has 1 unspecified atom stereocenters. The van der Waals surface area contributed by atoms with E-state index in [1.54, 1.807) is 44.2 Å². The van der Waals surface area contributed by atoms with Gasteiger partial charge < -0.3 is 0 Å². The lowest BCUT2D eigenvalue weighted by atomic mass is 9.97. The lowest BCUT2D eigenvalue weighted by Crippen LogP contribution is -2.15. The molecule has 0 spiro atoms. The van der Waals surface area contributed by atoms with Gasteiger partial charge in [0.25, 0.3) is 5.91 Å². The number of hydrogen-bond acceptors (Lipinski definition) is 5. The van der Waals surface area contributed by atoms with Crippen LogP contribution < -0.4 is 10.5 Å². The Labute approximate surface area is 129 Å². The summed E-state index contributed by atoms with van der Waals surface area (Å²) in [5.41, 5.74) is 3.36. The Hall–Kier alpha value is -2.44. The summed E-state index contributed by atoms with van der Waals surface area (Å²) in [4.78, 5) is 23.2. The molecule has 1 aromatic carbocycles. The van der Waals surface area contributed by atoms with Crippen molar-refractivity contribution in [2.75, 3.05) is 12.1 Å². The molecule has 6 heteroatoms. The topological polar surface area (TPSA) is 89.9 Å². The largest absolute Gasteiger partial charge is 0.294 e. The van der Waals surface area contributed by atoms with Gasteiger partial charge in [0.2, 0.25) is 0 Å². The Kier molecular flexibility index (Phi) is 6.49. The van der Waals surface area contributed by atoms with Crippen molar-refractivity contribution in [3.63, 3.8) is 0 Å². The van der Waals surface area contributed by atoms with Crippen LogP contribution in [0, 0.1) is 5.92 Å². The maximum atomic E-state index is 12.3. The number of nitrogens with one attached hydrogen (secondary N) is 1. The van der Waals surface area contributed by atoms with E-state index in [9.17, 15) is 14.8 Å². The second kappa shape index (κ2) is 8.11. The first-order valence-corrected chi connectivity index (χ1v) is 6.72. The Bertz CT molecular complexity index is 589. The molecule has 0 fully saturated rings. The van der Waals surface area contributed by atoms with Gasteiger partial charge >= 0.3 is 0 Å². The molecule has 0 aliphatic rings. The smallest absolute Gasteiger partial charge is 0.267 e. The van der Waals surface area contributed by atoms with Crippen molar-refractivity contribution in [2.24, 2.45) is 5.92 Å². The van der Waals surface area contributed by atoms with Gasteiger partial charge in [0, 0.05) is 24.6 Å². The van der Waals surface area contributed by atoms with Gasteiger partial charge in [-0.15, -0.1) is 0 Å². The summed E-state index contributed by atoms with van der Waals surface area (Å²) in [7, 11) is 1.50. The second-order valence-electron chi connectivity index (χ2n) is 4.94. The molecule has 6 nitrogen and oxygen atoms in total. The van der Waals surface area contributed by atoms with Crippen LogP contribution in [0.4, 0.5) is 5.69 Å². The lowest BCUT2D eigenvalue weighted by molar-refractivity contribution is -0.124. The van der Waals surface area contributed by atoms with Crippen LogP contribution >= 0.6 is 0 Å². The van der Waals surface area contributed by atoms with Gasteiger partial charge in [-0.2, -0.15) is 0 Å². The minimum absolute atomic E-state index is 0.0634. The van der Waals surface area contributed by atoms with E-state index in [1.807, 2.05) is 0 Å². The number of benzene rings is 1.